The minimum Gasteiger partial charge on any atom is -0.384 e. The molecular formula is C46H66ClN3O10. The third-order valence-electron chi connectivity index (χ3n) is 16.2. The lowest BCUT2D eigenvalue weighted by Gasteiger charge is -2.60. The topological polar surface area (TPSA) is 120 Å². The van der Waals surface area contributed by atoms with Gasteiger partial charge in [0.15, 0.2) is 36.4 Å². The summed E-state index contributed by atoms with van der Waals surface area (Å²) in [7, 11) is 0. The number of nitrogens with zero attached hydrogens (tertiary/aromatic N) is 2. The Hall–Kier alpha value is -1.72. The Morgan fingerprint density at radius 1 is 0.717 bits per heavy atom. The summed E-state index contributed by atoms with van der Waals surface area (Å²) in [5.74, 6) is 0.686. The van der Waals surface area contributed by atoms with Gasteiger partial charge in [-0.1, -0.05) is 39.3 Å². The maximum Gasteiger partial charge on any atom is 0.201 e. The van der Waals surface area contributed by atoms with E-state index in [1.165, 1.54) is 0 Å². The monoisotopic (exact) mass is 855 g/mol. The second-order valence-electron chi connectivity index (χ2n) is 19.9. The van der Waals surface area contributed by atoms with Gasteiger partial charge in [0.05, 0.1) is 18.7 Å². The van der Waals surface area contributed by atoms with Crippen molar-refractivity contribution in [3.8, 4) is 0 Å². The van der Waals surface area contributed by atoms with Crippen molar-refractivity contribution < 1.29 is 48.0 Å². The molecule has 9 heterocycles. The number of benzene rings is 1. The lowest BCUT2D eigenvalue weighted by molar-refractivity contribution is -0.577. The zero-order chi connectivity index (χ0) is 41.4. The van der Waals surface area contributed by atoms with Gasteiger partial charge in [0, 0.05) is 78.4 Å². The molecule has 2 spiro atoms. The van der Waals surface area contributed by atoms with Gasteiger partial charge in [0.25, 0.3) is 0 Å². The van der Waals surface area contributed by atoms with Crippen molar-refractivity contribution in [3.05, 3.63) is 35.5 Å². The highest BCUT2D eigenvalue weighted by molar-refractivity contribution is 6.31. The van der Waals surface area contributed by atoms with Crippen LogP contribution in [-0.2, 0) is 48.0 Å². The number of pyridine rings is 1. The third kappa shape index (κ3) is 7.23. The molecule has 12 rings (SSSR count). The molecule has 2 aromatic rings. The Labute approximate surface area is 359 Å². The Kier molecular flexibility index (Phi) is 11.5. The van der Waals surface area contributed by atoms with Crippen molar-refractivity contribution in [1.29, 1.82) is 0 Å². The van der Waals surface area contributed by atoms with E-state index in [1.54, 1.807) is 0 Å². The SMILES string of the molecule is C[C@@H]1CC[C@H]2[C@@H](C)C(OCCN(CCCNc3ccnc4cc(Cl)ccc34)CCOC3O[C@@H]4O[C@@]5(C)CC[C@H]6[C@H](C)CC[C@@H]([C@H]3C)[C@@]46OO5)O[C@@H]3O[C@@]4(C)CC[C@@H]1[C@]32OO4. The lowest BCUT2D eigenvalue weighted by atomic mass is 9.58. The molecule has 8 saturated heterocycles. The van der Waals surface area contributed by atoms with Gasteiger partial charge in [-0.25, -0.2) is 19.6 Å². The van der Waals surface area contributed by atoms with Crippen LogP contribution in [0.15, 0.2) is 30.5 Å². The second kappa shape index (κ2) is 16.4. The standard InChI is InChI=1S/C46H66ClN3O10/c1-27-8-12-35-29(3)39(53-41-45(35)33(27)14-17-43(5,55-41)57-59-45)51-24-22-50(21-7-19-48-37-16-20-49-38-26-31(47)10-11-32(37)38)23-25-52-40-30(4)36-13-9-28(2)34-15-18-44(6)56-42(54-40)46(34,36)60-58-44/h10-11,16,20,26-30,33-36,39-42H,7-9,12-15,17-19,21-25H2,1-6H3,(H,48,49)/t27-,28-,29-,30-,33+,34+,35+,36+,39?,40?,41-,42-,43-,44-,45-,46-/m1/s1. The minimum atomic E-state index is -0.818. The molecule has 1 N–H and O–H groups in total. The molecule has 332 valence electrons. The summed E-state index contributed by atoms with van der Waals surface area (Å²) >= 11 is 6.26. The molecule has 60 heavy (non-hydrogen) atoms. The van der Waals surface area contributed by atoms with Gasteiger partial charge in [-0.2, -0.15) is 0 Å². The van der Waals surface area contributed by atoms with E-state index < -0.39 is 47.9 Å². The second-order valence-corrected chi connectivity index (χ2v) is 20.4. The van der Waals surface area contributed by atoms with E-state index in [9.17, 15) is 0 Å². The van der Waals surface area contributed by atoms with Crippen molar-refractivity contribution in [3.63, 3.8) is 0 Å². The molecule has 10 aliphatic rings. The minimum absolute atomic E-state index is 0.116. The van der Waals surface area contributed by atoms with Gasteiger partial charge in [-0.3, -0.25) is 9.88 Å². The highest BCUT2D eigenvalue weighted by Gasteiger charge is 2.71. The van der Waals surface area contributed by atoms with Crippen molar-refractivity contribution in [2.45, 2.75) is 147 Å². The number of nitrogens with one attached hydrogen (secondary N) is 1. The smallest absolute Gasteiger partial charge is 0.201 e. The number of rotatable bonds is 13. The van der Waals surface area contributed by atoms with Crippen LogP contribution in [-0.4, -0.2) is 97.2 Å². The maximum atomic E-state index is 6.76. The molecule has 1 aromatic heterocycles. The Balaban J connectivity index is 0.801. The van der Waals surface area contributed by atoms with Crippen LogP contribution in [0.2, 0.25) is 5.02 Å². The molecule has 4 bridgehead atoms. The van der Waals surface area contributed by atoms with E-state index in [0.717, 1.165) is 87.5 Å². The quantitative estimate of drug-likeness (QED) is 0.154. The predicted molar refractivity (Wildman–Crippen MR) is 222 cm³/mol. The maximum absolute atomic E-state index is 6.76. The van der Waals surface area contributed by atoms with Gasteiger partial charge in [0.2, 0.25) is 11.6 Å². The van der Waals surface area contributed by atoms with Gasteiger partial charge >= 0.3 is 0 Å². The molecular weight excluding hydrogens is 790 g/mol. The molecule has 1 aromatic carbocycles. The number of halogens is 1. The zero-order valence-corrected chi connectivity index (χ0v) is 37.0. The van der Waals surface area contributed by atoms with Gasteiger partial charge < -0.3 is 33.7 Å². The molecule has 0 amide bonds. The molecule has 16 atom stereocenters. The predicted octanol–water partition coefficient (Wildman–Crippen LogP) is 8.44. The van der Waals surface area contributed by atoms with E-state index in [1.807, 2.05) is 44.3 Å². The molecule has 14 heteroatoms. The Bertz CT molecular complexity index is 1780. The number of aromatic nitrogens is 1. The van der Waals surface area contributed by atoms with E-state index in [0.29, 0.717) is 55.0 Å². The van der Waals surface area contributed by atoms with Gasteiger partial charge in [-0.05, 0) is 113 Å². The van der Waals surface area contributed by atoms with Crippen molar-refractivity contribution >= 4 is 28.2 Å². The van der Waals surface area contributed by atoms with Gasteiger partial charge in [-0.15, -0.1) is 0 Å². The summed E-state index contributed by atoms with van der Waals surface area (Å²) in [5, 5.41) is 5.38. The lowest BCUT2D eigenvalue weighted by Crippen LogP contribution is -2.70. The summed E-state index contributed by atoms with van der Waals surface area (Å²) in [5.41, 5.74) is 0.706. The summed E-state index contributed by atoms with van der Waals surface area (Å²) in [6, 6.07) is 7.86. The molecule has 10 fully saturated rings. The number of hydrogen-bond acceptors (Lipinski definition) is 13. The van der Waals surface area contributed by atoms with Crippen LogP contribution >= 0.6 is 11.6 Å². The average Bonchev–Trinajstić information content (AvgIpc) is 3.61. The first-order valence-electron chi connectivity index (χ1n) is 23.1. The molecule has 8 aliphatic heterocycles. The molecule has 0 radical (unpaired) electrons. The molecule has 13 nitrogen and oxygen atoms in total. The van der Waals surface area contributed by atoms with Crippen LogP contribution in [0.1, 0.15) is 99.3 Å². The first kappa shape index (κ1) is 42.2. The van der Waals surface area contributed by atoms with Crippen LogP contribution in [0, 0.1) is 47.3 Å². The van der Waals surface area contributed by atoms with Crippen molar-refractivity contribution in [1.82, 2.24) is 9.88 Å². The number of ether oxygens (including phenoxy) is 6. The van der Waals surface area contributed by atoms with Crippen molar-refractivity contribution in [2.24, 2.45) is 47.3 Å². The average molecular weight is 856 g/mol. The summed E-state index contributed by atoms with van der Waals surface area (Å²) < 4.78 is 40.1. The highest BCUT2D eigenvalue weighted by Crippen LogP contribution is 2.62. The molecule has 2 saturated carbocycles. The highest BCUT2D eigenvalue weighted by atomic mass is 35.5. The largest absolute Gasteiger partial charge is 0.384 e. The summed E-state index contributed by atoms with van der Waals surface area (Å²) in [6.07, 6.45) is 8.83. The Morgan fingerprint density at radius 3 is 1.85 bits per heavy atom. The molecule has 2 aliphatic carbocycles. The fourth-order valence-corrected chi connectivity index (χ4v) is 13.0. The number of anilines is 1. The van der Waals surface area contributed by atoms with E-state index >= 15 is 0 Å². The zero-order valence-electron chi connectivity index (χ0n) is 36.3. The first-order chi connectivity index (χ1) is 28.9. The number of hydrogen-bond donors (Lipinski definition) is 1. The fraction of sp³-hybridized carbons (Fsp3) is 0.804. The van der Waals surface area contributed by atoms with E-state index in [4.69, 9.17) is 59.6 Å². The Morgan fingerprint density at radius 2 is 1.28 bits per heavy atom. The van der Waals surface area contributed by atoms with Crippen LogP contribution in [0.4, 0.5) is 5.69 Å². The van der Waals surface area contributed by atoms with Gasteiger partial charge in [0.1, 0.15) is 0 Å². The van der Waals surface area contributed by atoms with Crippen molar-refractivity contribution in [2.75, 3.05) is 44.7 Å². The van der Waals surface area contributed by atoms with Crippen LogP contribution in [0.3, 0.4) is 0 Å². The van der Waals surface area contributed by atoms with Crippen LogP contribution < -0.4 is 5.32 Å². The first-order valence-corrected chi connectivity index (χ1v) is 23.4. The third-order valence-corrected chi connectivity index (χ3v) is 16.5. The normalized spacial score (nSPS) is 45.5. The number of fused-ring (bicyclic) bond motifs is 5. The van der Waals surface area contributed by atoms with E-state index in [2.05, 4.69) is 42.9 Å². The molecule has 2 unspecified atom stereocenters. The van der Waals surface area contributed by atoms with E-state index in [-0.39, 0.29) is 23.7 Å². The van der Waals surface area contributed by atoms with Crippen LogP contribution in [0.25, 0.3) is 10.9 Å². The summed E-state index contributed by atoms with van der Waals surface area (Å²) in [6.45, 7) is 17.2. The summed E-state index contributed by atoms with van der Waals surface area (Å²) in [4.78, 5) is 31.8. The fourth-order valence-electron chi connectivity index (χ4n) is 12.9. The van der Waals surface area contributed by atoms with Crippen LogP contribution in [0.5, 0.6) is 0 Å².